The van der Waals surface area contributed by atoms with Crippen molar-refractivity contribution in [2.75, 3.05) is 0 Å². The van der Waals surface area contributed by atoms with Crippen LogP contribution in [0.25, 0.3) is 33.4 Å². The first-order chi connectivity index (χ1) is 15.6. The quantitative estimate of drug-likeness (QED) is 0.395. The summed E-state index contributed by atoms with van der Waals surface area (Å²) in [5.74, 6) is -4.80. The van der Waals surface area contributed by atoms with Gasteiger partial charge in [0.1, 0.15) is 11.3 Å². The number of fused-ring (bicyclic) bond motifs is 2. The van der Waals surface area contributed by atoms with E-state index in [-0.39, 0.29) is 50.6 Å². The Morgan fingerprint density at radius 2 is 1.73 bits per heavy atom. The molecular weight excluding hydrogens is 436 g/mol. The Hall–Kier alpha value is -4.27. The number of aromatic carboxylic acids is 1. The van der Waals surface area contributed by atoms with Gasteiger partial charge in [0.05, 0.1) is 5.56 Å². The first-order valence-electron chi connectivity index (χ1n) is 9.84. The van der Waals surface area contributed by atoms with Crippen LogP contribution in [0.3, 0.4) is 0 Å². The number of carbonyl (C=O) groups is 2. The van der Waals surface area contributed by atoms with Crippen molar-refractivity contribution < 1.29 is 33.0 Å². The molecular formula is C24H17F2NO6. The number of phenolic OH excluding ortho intramolecular Hbond substituents is 1. The number of carboxylic acid groups (broad SMARTS) is 1. The molecule has 33 heavy (non-hydrogen) atoms. The largest absolute Gasteiger partial charge is 0.505 e. The smallest absolute Gasteiger partial charge is 0.336 e. The molecule has 2 aromatic rings. The second kappa shape index (κ2) is 8.01. The van der Waals surface area contributed by atoms with Gasteiger partial charge in [0, 0.05) is 40.3 Å². The summed E-state index contributed by atoms with van der Waals surface area (Å²) in [5.41, 5.74) is -1.11. The SMILES string of the molecule is CC(C)NC(=O)c1ccc(-c2c3cc(F)c(=O)cc-3oc3cc(O)c(F)cc23)c(C(=O)O)c1. The minimum Gasteiger partial charge on any atom is -0.505 e. The molecule has 0 radical (unpaired) electrons. The van der Waals surface area contributed by atoms with Gasteiger partial charge in [-0.05, 0) is 43.7 Å². The van der Waals surface area contributed by atoms with E-state index in [4.69, 9.17) is 4.42 Å². The van der Waals surface area contributed by atoms with E-state index >= 15 is 0 Å². The van der Waals surface area contributed by atoms with Gasteiger partial charge in [-0.25, -0.2) is 13.6 Å². The normalized spacial score (nSPS) is 11.3. The Kier molecular flexibility index (Phi) is 5.33. The second-order valence-corrected chi connectivity index (χ2v) is 7.75. The number of benzene rings is 3. The lowest BCUT2D eigenvalue weighted by Gasteiger charge is -2.18. The van der Waals surface area contributed by atoms with Gasteiger partial charge in [0.25, 0.3) is 5.91 Å². The van der Waals surface area contributed by atoms with E-state index in [0.29, 0.717) is 0 Å². The standard InChI is InChI=1S/C24H17F2NO6/c1-10(2)27-23(30)11-3-4-12(13(5-11)24(31)32)22-14-6-16(25)18(28)8-20(14)33-21-9-19(29)17(26)7-15(21)22/h3-10,28H,1-2H3,(H,27,30)(H,31,32). The van der Waals surface area contributed by atoms with E-state index in [1.54, 1.807) is 13.8 Å². The highest BCUT2D eigenvalue weighted by molar-refractivity contribution is 6.09. The average molecular weight is 453 g/mol. The predicted molar refractivity (Wildman–Crippen MR) is 116 cm³/mol. The highest BCUT2D eigenvalue weighted by Gasteiger charge is 2.25. The maximum absolute atomic E-state index is 14.3. The van der Waals surface area contributed by atoms with E-state index < -0.39 is 34.7 Å². The third-order valence-electron chi connectivity index (χ3n) is 5.04. The fraction of sp³-hybridized carbons (Fsp3) is 0.125. The minimum atomic E-state index is -1.38. The molecule has 7 nitrogen and oxygen atoms in total. The van der Waals surface area contributed by atoms with Crippen molar-refractivity contribution >= 4 is 22.8 Å². The van der Waals surface area contributed by atoms with Crippen LogP contribution in [0.2, 0.25) is 0 Å². The topological polar surface area (TPSA) is 117 Å². The zero-order valence-corrected chi connectivity index (χ0v) is 17.4. The maximum atomic E-state index is 14.3. The molecule has 0 fully saturated rings. The number of hydrogen-bond donors (Lipinski definition) is 3. The molecule has 2 aromatic carbocycles. The monoisotopic (exact) mass is 453 g/mol. The van der Waals surface area contributed by atoms with Crippen LogP contribution in [0.5, 0.6) is 5.75 Å². The summed E-state index contributed by atoms with van der Waals surface area (Å²) in [7, 11) is 0. The number of phenols is 1. The summed E-state index contributed by atoms with van der Waals surface area (Å²) in [6.07, 6.45) is 0. The number of nitrogens with one attached hydrogen (secondary N) is 1. The van der Waals surface area contributed by atoms with Crippen molar-refractivity contribution in [3.63, 3.8) is 0 Å². The Morgan fingerprint density at radius 3 is 2.39 bits per heavy atom. The zero-order chi connectivity index (χ0) is 24.0. The number of hydrogen-bond acceptors (Lipinski definition) is 5. The molecule has 4 rings (SSSR count). The van der Waals surface area contributed by atoms with Crippen molar-refractivity contribution in [2.24, 2.45) is 0 Å². The van der Waals surface area contributed by atoms with Gasteiger partial charge >= 0.3 is 5.97 Å². The van der Waals surface area contributed by atoms with Crippen molar-refractivity contribution in [3.8, 4) is 28.2 Å². The van der Waals surface area contributed by atoms with Gasteiger partial charge in [-0.15, -0.1) is 0 Å². The Balaban J connectivity index is 2.11. The third-order valence-corrected chi connectivity index (χ3v) is 5.04. The summed E-state index contributed by atoms with van der Waals surface area (Å²) >= 11 is 0. The number of carbonyl (C=O) groups excluding carboxylic acids is 1. The van der Waals surface area contributed by atoms with E-state index in [1.807, 2.05) is 0 Å². The summed E-state index contributed by atoms with van der Waals surface area (Å²) in [6, 6.07) is 7.38. The Bertz CT molecular complexity index is 1470. The van der Waals surface area contributed by atoms with Crippen molar-refractivity contribution in [3.05, 3.63) is 75.4 Å². The Labute approximate surface area is 185 Å². The van der Waals surface area contributed by atoms with Crippen LogP contribution in [-0.2, 0) is 0 Å². The lowest BCUT2D eigenvalue weighted by molar-refractivity contribution is 0.0697. The molecule has 9 heteroatoms. The molecule has 1 amide bonds. The molecule has 0 bridgehead atoms. The molecule has 1 aliphatic carbocycles. The molecule has 0 saturated heterocycles. The molecule has 0 unspecified atom stereocenters. The summed E-state index contributed by atoms with van der Waals surface area (Å²) in [4.78, 5) is 36.3. The molecule has 0 saturated carbocycles. The van der Waals surface area contributed by atoms with Crippen LogP contribution in [0.15, 0.2) is 51.7 Å². The number of amides is 1. The van der Waals surface area contributed by atoms with Gasteiger partial charge in [0.15, 0.2) is 17.4 Å². The molecule has 0 atom stereocenters. The molecule has 2 aliphatic rings. The molecule has 3 N–H and O–H groups in total. The minimum absolute atomic E-state index is 0.0200. The van der Waals surface area contributed by atoms with Crippen molar-refractivity contribution in [2.45, 2.75) is 19.9 Å². The van der Waals surface area contributed by atoms with Crippen LogP contribution < -0.4 is 10.7 Å². The highest BCUT2D eigenvalue weighted by Crippen LogP contribution is 2.43. The summed E-state index contributed by atoms with van der Waals surface area (Å²) < 4.78 is 34.0. The predicted octanol–water partition coefficient (Wildman–Crippen LogP) is 4.39. The molecule has 0 spiro atoms. The molecule has 1 aliphatic heterocycles. The first-order valence-corrected chi connectivity index (χ1v) is 9.84. The second-order valence-electron chi connectivity index (χ2n) is 7.75. The van der Waals surface area contributed by atoms with Gasteiger partial charge in [-0.2, -0.15) is 0 Å². The van der Waals surface area contributed by atoms with Crippen LogP contribution in [-0.4, -0.2) is 28.1 Å². The average Bonchev–Trinajstić information content (AvgIpc) is 2.74. The summed E-state index contributed by atoms with van der Waals surface area (Å²) in [5, 5.41) is 22.3. The van der Waals surface area contributed by atoms with E-state index in [0.717, 1.165) is 30.3 Å². The number of aromatic hydroxyl groups is 1. The van der Waals surface area contributed by atoms with Crippen molar-refractivity contribution in [1.82, 2.24) is 5.32 Å². The lowest BCUT2D eigenvalue weighted by Crippen LogP contribution is -2.30. The van der Waals surface area contributed by atoms with Crippen LogP contribution >= 0.6 is 0 Å². The van der Waals surface area contributed by atoms with Gasteiger partial charge in [-0.3, -0.25) is 9.59 Å². The fourth-order valence-corrected chi connectivity index (χ4v) is 3.62. The third kappa shape index (κ3) is 3.89. The number of halogens is 2. The zero-order valence-electron chi connectivity index (χ0n) is 17.4. The van der Waals surface area contributed by atoms with Gasteiger partial charge < -0.3 is 19.9 Å². The number of rotatable bonds is 4. The van der Waals surface area contributed by atoms with Crippen molar-refractivity contribution in [1.29, 1.82) is 0 Å². The first kappa shape index (κ1) is 21.9. The number of carboxylic acids is 1. The lowest BCUT2D eigenvalue weighted by atomic mass is 9.89. The van der Waals surface area contributed by atoms with Crippen LogP contribution in [0.1, 0.15) is 34.6 Å². The van der Waals surface area contributed by atoms with Gasteiger partial charge in [0.2, 0.25) is 5.43 Å². The van der Waals surface area contributed by atoms with Crippen LogP contribution in [0, 0.1) is 11.6 Å². The van der Waals surface area contributed by atoms with E-state index in [2.05, 4.69) is 5.32 Å². The maximum Gasteiger partial charge on any atom is 0.336 e. The molecule has 168 valence electrons. The fourth-order valence-electron chi connectivity index (χ4n) is 3.62. The van der Waals surface area contributed by atoms with Crippen LogP contribution in [0.4, 0.5) is 8.78 Å². The highest BCUT2D eigenvalue weighted by atomic mass is 19.1. The summed E-state index contributed by atoms with van der Waals surface area (Å²) in [6.45, 7) is 3.50. The van der Waals surface area contributed by atoms with E-state index in [1.165, 1.54) is 12.1 Å². The van der Waals surface area contributed by atoms with Gasteiger partial charge in [-0.1, -0.05) is 6.07 Å². The molecule has 1 heterocycles. The van der Waals surface area contributed by atoms with E-state index in [9.17, 15) is 33.4 Å². The Morgan fingerprint density at radius 1 is 1.00 bits per heavy atom. The molecule has 0 aromatic heterocycles.